The van der Waals surface area contributed by atoms with E-state index >= 15 is 0 Å². The van der Waals surface area contributed by atoms with E-state index < -0.39 is 17.6 Å². The van der Waals surface area contributed by atoms with Gasteiger partial charge in [0.05, 0.1) is 38.9 Å². The molecular weight excluding hydrogens is 644 g/mol. The number of benzene rings is 2. The van der Waals surface area contributed by atoms with E-state index in [1.54, 1.807) is 12.1 Å². The Morgan fingerprint density at radius 2 is 1.26 bits per heavy atom. The number of aliphatic hydroxyl groups excluding tert-OH is 2. The summed E-state index contributed by atoms with van der Waals surface area (Å²) in [7, 11) is 1.51. The highest BCUT2D eigenvalue weighted by Gasteiger charge is 2.26. The summed E-state index contributed by atoms with van der Waals surface area (Å²) in [5.41, 5.74) is 3.02. The predicted molar refractivity (Wildman–Crippen MR) is 192 cm³/mol. The maximum atomic E-state index is 14.4. The van der Waals surface area contributed by atoms with E-state index in [0.29, 0.717) is 80.7 Å². The Kier molecular flexibility index (Phi) is 13.2. The SMILES string of the molecule is COc1c(OCC(O)CN2CCOCC2)cc2oc3cc(OC[C@@H](O)CN4CCOCC4)c(CC=C(C)C)c(O)c3c(=O)c2c1CC=C(C)C. The minimum Gasteiger partial charge on any atom is -0.507 e. The van der Waals surface area contributed by atoms with Crippen LogP contribution in [0.2, 0.25) is 0 Å². The lowest BCUT2D eigenvalue weighted by atomic mass is 9.98. The monoisotopic (exact) mass is 696 g/mol. The number of aromatic hydroxyl groups is 1. The molecule has 3 N–H and O–H groups in total. The number of hydrogen-bond acceptors (Lipinski definition) is 12. The zero-order valence-corrected chi connectivity index (χ0v) is 30.0. The number of fused-ring (bicyclic) bond motifs is 2. The van der Waals surface area contributed by atoms with Gasteiger partial charge in [0.2, 0.25) is 5.43 Å². The van der Waals surface area contributed by atoms with Gasteiger partial charge in [-0.25, -0.2) is 0 Å². The Labute approximate surface area is 293 Å². The number of allylic oxidation sites excluding steroid dienone is 4. The van der Waals surface area contributed by atoms with Gasteiger partial charge in [0.25, 0.3) is 0 Å². The molecule has 3 aromatic rings. The van der Waals surface area contributed by atoms with Crippen molar-refractivity contribution in [2.45, 2.75) is 52.7 Å². The fourth-order valence-electron chi connectivity index (χ4n) is 6.31. The van der Waals surface area contributed by atoms with Crippen molar-refractivity contribution in [1.29, 1.82) is 0 Å². The van der Waals surface area contributed by atoms with Crippen LogP contribution in [0.4, 0.5) is 0 Å². The maximum absolute atomic E-state index is 14.4. The third-order valence-electron chi connectivity index (χ3n) is 8.95. The summed E-state index contributed by atoms with van der Waals surface area (Å²) in [6.45, 7) is 14.1. The van der Waals surface area contributed by atoms with Crippen molar-refractivity contribution < 1.29 is 43.4 Å². The van der Waals surface area contributed by atoms with Crippen molar-refractivity contribution in [2.24, 2.45) is 0 Å². The Morgan fingerprint density at radius 3 is 1.78 bits per heavy atom. The Balaban J connectivity index is 1.56. The van der Waals surface area contributed by atoms with Crippen LogP contribution in [-0.2, 0) is 22.3 Å². The molecule has 274 valence electrons. The van der Waals surface area contributed by atoms with Crippen molar-refractivity contribution in [1.82, 2.24) is 9.80 Å². The first-order chi connectivity index (χ1) is 24.0. The highest BCUT2D eigenvalue weighted by atomic mass is 16.5. The van der Waals surface area contributed by atoms with E-state index in [1.165, 1.54) is 7.11 Å². The molecule has 0 aliphatic carbocycles. The Hall–Kier alpha value is -3.65. The molecule has 0 spiro atoms. The molecule has 2 atom stereocenters. The molecule has 50 heavy (non-hydrogen) atoms. The molecule has 1 aromatic heterocycles. The molecule has 0 radical (unpaired) electrons. The summed E-state index contributed by atoms with van der Waals surface area (Å²) in [6, 6.07) is 3.21. The molecule has 0 saturated carbocycles. The molecule has 3 heterocycles. The van der Waals surface area contributed by atoms with Crippen LogP contribution in [0.5, 0.6) is 23.0 Å². The van der Waals surface area contributed by atoms with Crippen LogP contribution < -0.4 is 19.6 Å². The zero-order chi connectivity index (χ0) is 35.8. The number of phenols is 1. The first kappa shape index (κ1) is 37.6. The van der Waals surface area contributed by atoms with E-state index in [2.05, 4.69) is 9.80 Å². The van der Waals surface area contributed by atoms with Gasteiger partial charge in [0.1, 0.15) is 53.5 Å². The van der Waals surface area contributed by atoms with Gasteiger partial charge in [-0.3, -0.25) is 14.6 Å². The van der Waals surface area contributed by atoms with E-state index in [1.807, 2.05) is 39.8 Å². The third kappa shape index (κ3) is 9.36. The van der Waals surface area contributed by atoms with Crippen molar-refractivity contribution >= 4 is 21.9 Å². The van der Waals surface area contributed by atoms with Gasteiger partial charge in [-0.15, -0.1) is 0 Å². The van der Waals surface area contributed by atoms with Crippen LogP contribution in [0.1, 0.15) is 38.8 Å². The smallest absolute Gasteiger partial charge is 0.204 e. The highest BCUT2D eigenvalue weighted by molar-refractivity contribution is 5.98. The number of phenolic OH excluding ortho intramolecular Hbond substituents is 1. The Bertz CT molecular complexity index is 1730. The lowest BCUT2D eigenvalue weighted by molar-refractivity contribution is 0.00437. The number of β-amino-alcohol motifs (C(OH)–C–C–N with tert-alkyl or cyclic N) is 2. The molecule has 5 rings (SSSR count). The first-order valence-corrected chi connectivity index (χ1v) is 17.4. The van der Waals surface area contributed by atoms with Crippen LogP contribution in [-0.4, -0.2) is 123 Å². The summed E-state index contributed by atoms with van der Waals surface area (Å²) in [6.07, 6.45) is 3.03. The topological polar surface area (TPSA) is 144 Å². The molecule has 2 saturated heterocycles. The fraction of sp³-hybridized carbons (Fsp3) is 0.553. The standard InChI is InChI=1S/C38H52N2O10/c1-24(2)6-8-28-30(48-22-26(41)20-39-10-14-46-15-11-39)18-32-35(36(28)43)37(44)34-29(9-7-25(3)4)38(45-5)33(19-31(34)50-32)49-23-27(42)21-40-12-16-47-17-13-40/h6-7,18-19,26-27,41-43H,8-17,20-23H2,1-5H3/t26-,27?/m0/s1. The largest absolute Gasteiger partial charge is 0.507 e. The summed E-state index contributed by atoms with van der Waals surface area (Å²) in [5.74, 6) is 0.774. The van der Waals surface area contributed by atoms with Gasteiger partial charge in [0.15, 0.2) is 11.5 Å². The number of rotatable bonds is 15. The average molecular weight is 697 g/mol. The number of morpholine rings is 2. The quantitative estimate of drug-likeness (QED) is 0.157. The van der Waals surface area contributed by atoms with Crippen molar-refractivity contribution in [3.05, 3.63) is 56.8 Å². The molecule has 12 nitrogen and oxygen atoms in total. The van der Waals surface area contributed by atoms with Gasteiger partial charge in [-0.1, -0.05) is 23.3 Å². The molecule has 12 heteroatoms. The number of hydrogen-bond donors (Lipinski definition) is 3. The van der Waals surface area contributed by atoms with Crippen LogP contribution in [0.25, 0.3) is 21.9 Å². The van der Waals surface area contributed by atoms with E-state index in [0.717, 1.165) is 37.3 Å². The number of methoxy groups -OCH3 is 1. The minimum absolute atomic E-state index is 0.00159. The summed E-state index contributed by atoms with van der Waals surface area (Å²) >= 11 is 0. The lowest BCUT2D eigenvalue weighted by Crippen LogP contribution is -2.42. The average Bonchev–Trinajstić information content (AvgIpc) is 3.08. The van der Waals surface area contributed by atoms with E-state index in [-0.39, 0.29) is 40.9 Å². The second kappa shape index (κ2) is 17.5. The molecule has 2 aromatic carbocycles. The van der Waals surface area contributed by atoms with Crippen LogP contribution in [0.3, 0.4) is 0 Å². The normalized spacial score (nSPS) is 17.0. The first-order valence-electron chi connectivity index (χ1n) is 17.4. The van der Waals surface area contributed by atoms with E-state index in [9.17, 15) is 20.1 Å². The van der Waals surface area contributed by atoms with Crippen LogP contribution in [0.15, 0.2) is 44.6 Å². The van der Waals surface area contributed by atoms with Crippen molar-refractivity contribution in [2.75, 3.05) is 86.0 Å². The number of nitrogens with zero attached hydrogens (tertiary/aromatic N) is 2. The van der Waals surface area contributed by atoms with Gasteiger partial charge >= 0.3 is 0 Å². The lowest BCUT2D eigenvalue weighted by Gasteiger charge is -2.28. The van der Waals surface area contributed by atoms with Gasteiger partial charge < -0.3 is 43.4 Å². The molecule has 1 unspecified atom stereocenters. The molecule has 2 aliphatic heterocycles. The number of aliphatic hydroxyl groups is 2. The van der Waals surface area contributed by atoms with Gasteiger partial charge in [0, 0.05) is 62.5 Å². The summed E-state index contributed by atoms with van der Waals surface area (Å²) in [4.78, 5) is 18.7. The van der Waals surface area contributed by atoms with Gasteiger partial charge in [-0.05, 0) is 40.5 Å². The molecule has 0 amide bonds. The van der Waals surface area contributed by atoms with Crippen molar-refractivity contribution in [3.8, 4) is 23.0 Å². The Morgan fingerprint density at radius 1 is 0.780 bits per heavy atom. The second-order valence-corrected chi connectivity index (χ2v) is 13.5. The van der Waals surface area contributed by atoms with Crippen molar-refractivity contribution in [3.63, 3.8) is 0 Å². The molecular formula is C38H52N2O10. The van der Waals surface area contributed by atoms with E-state index in [4.69, 9.17) is 28.1 Å². The number of ether oxygens (including phenoxy) is 5. The van der Waals surface area contributed by atoms with Crippen LogP contribution >= 0.6 is 0 Å². The second-order valence-electron chi connectivity index (χ2n) is 13.5. The third-order valence-corrected chi connectivity index (χ3v) is 8.95. The minimum atomic E-state index is -0.783. The zero-order valence-electron chi connectivity index (χ0n) is 30.0. The summed E-state index contributed by atoms with van der Waals surface area (Å²) < 4.78 is 35.4. The maximum Gasteiger partial charge on any atom is 0.204 e. The predicted octanol–water partition coefficient (Wildman–Crippen LogP) is 3.82. The van der Waals surface area contributed by atoms with Gasteiger partial charge in [-0.2, -0.15) is 0 Å². The molecule has 2 aliphatic rings. The fourth-order valence-corrected chi connectivity index (χ4v) is 6.31. The van der Waals surface area contributed by atoms with Crippen LogP contribution in [0, 0.1) is 0 Å². The highest BCUT2D eigenvalue weighted by Crippen LogP contribution is 2.41. The summed E-state index contributed by atoms with van der Waals surface area (Å²) in [5, 5.41) is 33.6. The molecule has 0 bridgehead atoms. The molecule has 2 fully saturated rings.